The third-order valence-corrected chi connectivity index (χ3v) is 2.19. The van der Waals surface area contributed by atoms with Crippen LogP contribution in [0.4, 0.5) is 0 Å². The van der Waals surface area contributed by atoms with Gasteiger partial charge in [-0.3, -0.25) is 4.79 Å². The topological polar surface area (TPSA) is 69.5 Å². The van der Waals surface area contributed by atoms with E-state index >= 15 is 0 Å². The summed E-state index contributed by atoms with van der Waals surface area (Å²) in [5.74, 6) is 0. The normalized spacial score (nSPS) is 9.62. The zero-order valence-electron chi connectivity index (χ0n) is 7.42. The third-order valence-electron chi connectivity index (χ3n) is 1.61. The fraction of sp³-hybridized carbons (Fsp3) is 0.375. The van der Waals surface area contributed by atoms with Gasteiger partial charge in [0.05, 0.1) is 5.69 Å². The average molecular weight is 195 g/mol. The molecule has 0 unspecified atom stereocenters. The molecule has 0 fully saturated rings. The zero-order chi connectivity index (χ0) is 9.84. The first-order valence-electron chi connectivity index (χ1n) is 3.80. The number of hydrogen-bond acceptors (Lipinski definition) is 4. The Bertz CT molecular complexity index is 405. The molecule has 0 saturated heterocycles. The van der Waals surface area contributed by atoms with E-state index in [1.807, 2.05) is 19.2 Å². The molecule has 1 aromatic rings. The van der Waals surface area contributed by atoms with E-state index in [1.165, 1.54) is 11.8 Å². The van der Waals surface area contributed by atoms with Crippen LogP contribution >= 0.6 is 11.8 Å². The summed E-state index contributed by atoms with van der Waals surface area (Å²) in [7, 11) is 0. The van der Waals surface area contributed by atoms with Gasteiger partial charge in [-0.1, -0.05) is 18.7 Å². The van der Waals surface area contributed by atoms with Crippen molar-refractivity contribution < 1.29 is 0 Å². The van der Waals surface area contributed by atoms with Crippen molar-refractivity contribution in [3.05, 3.63) is 21.6 Å². The van der Waals surface area contributed by atoms with Gasteiger partial charge in [0.15, 0.2) is 5.16 Å². The van der Waals surface area contributed by atoms with Crippen LogP contribution in [-0.4, -0.2) is 16.2 Å². The lowest BCUT2D eigenvalue weighted by Gasteiger charge is -2.00. The van der Waals surface area contributed by atoms with Gasteiger partial charge < -0.3 is 4.98 Å². The molecular formula is C8H9N3OS. The zero-order valence-corrected chi connectivity index (χ0v) is 8.23. The van der Waals surface area contributed by atoms with E-state index in [-0.39, 0.29) is 11.1 Å². The van der Waals surface area contributed by atoms with Gasteiger partial charge in [-0.15, -0.1) is 0 Å². The molecule has 0 atom stereocenters. The van der Waals surface area contributed by atoms with Crippen LogP contribution < -0.4 is 5.56 Å². The monoisotopic (exact) mass is 195 g/mol. The standard InChI is InChI=1S/C8H9N3OS/c1-3-6-5(4-9)7(12)11-8(10-6)13-2/h3H2,1-2H3,(H,10,11,12). The van der Waals surface area contributed by atoms with Gasteiger partial charge in [-0.05, 0) is 12.7 Å². The summed E-state index contributed by atoms with van der Waals surface area (Å²) in [6, 6.07) is 1.85. The van der Waals surface area contributed by atoms with Crippen molar-refractivity contribution in [1.82, 2.24) is 9.97 Å². The molecule has 4 nitrogen and oxygen atoms in total. The van der Waals surface area contributed by atoms with Crippen molar-refractivity contribution in [2.45, 2.75) is 18.5 Å². The van der Waals surface area contributed by atoms with E-state index in [4.69, 9.17) is 5.26 Å². The van der Waals surface area contributed by atoms with E-state index in [1.54, 1.807) is 0 Å². The summed E-state index contributed by atoms with van der Waals surface area (Å²) >= 11 is 1.36. The Hall–Kier alpha value is -1.28. The number of aryl methyl sites for hydroxylation is 1. The van der Waals surface area contributed by atoms with Crippen LogP contribution in [0.5, 0.6) is 0 Å². The lowest BCUT2D eigenvalue weighted by molar-refractivity contribution is 0.861. The fourth-order valence-corrected chi connectivity index (χ4v) is 1.36. The van der Waals surface area contributed by atoms with Crippen LogP contribution in [-0.2, 0) is 6.42 Å². The first-order valence-corrected chi connectivity index (χ1v) is 5.02. The summed E-state index contributed by atoms with van der Waals surface area (Å²) < 4.78 is 0. The second-order valence-electron chi connectivity index (χ2n) is 2.36. The smallest absolute Gasteiger partial charge is 0.269 e. The molecule has 0 spiro atoms. The molecule has 1 N–H and O–H groups in total. The number of nitrogens with zero attached hydrogens (tertiary/aromatic N) is 2. The van der Waals surface area contributed by atoms with Crippen LogP contribution in [0.1, 0.15) is 18.2 Å². The minimum absolute atomic E-state index is 0.125. The minimum atomic E-state index is -0.348. The largest absolute Gasteiger partial charge is 0.300 e. The number of rotatable bonds is 2. The maximum atomic E-state index is 11.3. The fourth-order valence-electron chi connectivity index (χ4n) is 0.965. The molecule has 1 heterocycles. The van der Waals surface area contributed by atoms with Crippen LogP contribution in [0, 0.1) is 11.3 Å². The molecule has 0 radical (unpaired) electrons. The van der Waals surface area contributed by atoms with Crippen LogP contribution in [0.3, 0.4) is 0 Å². The molecule has 5 heteroatoms. The van der Waals surface area contributed by atoms with Crippen molar-refractivity contribution >= 4 is 11.8 Å². The molecule has 1 rings (SSSR count). The second kappa shape index (κ2) is 4.10. The number of H-pyrrole nitrogens is 1. The summed E-state index contributed by atoms with van der Waals surface area (Å²) in [5, 5.41) is 9.23. The first-order chi connectivity index (χ1) is 6.22. The molecule has 0 aliphatic heterocycles. The maximum absolute atomic E-state index is 11.3. The number of nitrogens with one attached hydrogen (secondary N) is 1. The highest BCUT2D eigenvalue weighted by Gasteiger charge is 2.08. The molecule has 0 aliphatic carbocycles. The average Bonchev–Trinajstić information content (AvgIpc) is 2.16. The summed E-state index contributed by atoms with van der Waals surface area (Å²) in [5.41, 5.74) is 0.342. The second-order valence-corrected chi connectivity index (χ2v) is 3.16. The lowest BCUT2D eigenvalue weighted by Crippen LogP contribution is -2.16. The van der Waals surface area contributed by atoms with Crippen molar-refractivity contribution in [3.63, 3.8) is 0 Å². The number of thioether (sulfide) groups is 1. The summed E-state index contributed by atoms with van der Waals surface area (Å²) in [6.45, 7) is 1.87. The van der Waals surface area contributed by atoms with Gasteiger partial charge in [0.2, 0.25) is 0 Å². The lowest BCUT2D eigenvalue weighted by atomic mass is 10.2. The Balaban J connectivity index is 3.40. The summed E-state index contributed by atoms with van der Waals surface area (Å²) in [4.78, 5) is 17.9. The van der Waals surface area contributed by atoms with Gasteiger partial charge in [0.1, 0.15) is 11.6 Å². The molecule has 0 aromatic carbocycles. The van der Waals surface area contributed by atoms with Crippen molar-refractivity contribution in [1.29, 1.82) is 5.26 Å². The van der Waals surface area contributed by atoms with Crippen LogP contribution in [0.2, 0.25) is 0 Å². The Morgan fingerprint density at radius 2 is 2.38 bits per heavy atom. The first kappa shape index (κ1) is 9.81. The predicted octanol–water partition coefficient (Wildman–Crippen LogP) is 0.926. The van der Waals surface area contributed by atoms with Crippen LogP contribution in [0.25, 0.3) is 0 Å². The molecule has 0 amide bonds. The molecule has 13 heavy (non-hydrogen) atoms. The number of aromatic amines is 1. The van der Waals surface area contributed by atoms with Crippen molar-refractivity contribution in [2.24, 2.45) is 0 Å². The van der Waals surface area contributed by atoms with Crippen molar-refractivity contribution in [2.75, 3.05) is 6.26 Å². The van der Waals surface area contributed by atoms with Gasteiger partial charge in [0.25, 0.3) is 5.56 Å². The highest BCUT2D eigenvalue weighted by molar-refractivity contribution is 7.98. The SMILES string of the molecule is CCc1nc(SC)[nH]c(=O)c1C#N. The van der Waals surface area contributed by atoms with Gasteiger partial charge in [0, 0.05) is 0 Å². The van der Waals surface area contributed by atoms with Gasteiger partial charge >= 0.3 is 0 Å². The Morgan fingerprint density at radius 3 is 2.85 bits per heavy atom. The third kappa shape index (κ3) is 1.90. The highest BCUT2D eigenvalue weighted by atomic mass is 32.2. The molecule has 0 saturated carbocycles. The Kier molecular flexibility index (Phi) is 3.09. The molecular weight excluding hydrogens is 186 g/mol. The van der Waals surface area contributed by atoms with E-state index in [2.05, 4.69) is 9.97 Å². The number of nitriles is 1. The summed E-state index contributed by atoms with van der Waals surface area (Å²) in [6.07, 6.45) is 2.42. The number of hydrogen-bond donors (Lipinski definition) is 1. The molecule has 68 valence electrons. The van der Waals surface area contributed by atoms with Crippen molar-refractivity contribution in [3.8, 4) is 6.07 Å². The van der Waals surface area contributed by atoms with E-state index in [0.29, 0.717) is 17.3 Å². The predicted molar refractivity (Wildman–Crippen MR) is 50.7 cm³/mol. The quantitative estimate of drug-likeness (QED) is 0.563. The highest BCUT2D eigenvalue weighted by Crippen LogP contribution is 2.08. The van der Waals surface area contributed by atoms with E-state index in [0.717, 1.165) is 0 Å². The van der Waals surface area contributed by atoms with Gasteiger partial charge in [-0.25, -0.2) is 4.98 Å². The van der Waals surface area contributed by atoms with E-state index < -0.39 is 0 Å². The maximum Gasteiger partial charge on any atom is 0.269 e. The number of aromatic nitrogens is 2. The van der Waals surface area contributed by atoms with Gasteiger partial charge in [-0.2, -0.15) is 5.26 Å². The minimum Gasteiger partial charge on any atom is -0.300 e. The molecule has 0 aliphatic rings. The van der Waals surface area contributed by atoms with E-state index in [9.17, 15) is 4.79 Å². The Labute approximate surface area is 80.0 Å². The van der Waals surface area contributed by atoms with Crippen LogP contribution in [0.15, 0.2) is 9.95 Å². The Morgan fingerprint density at radius 1 is 1.69 bits per heavy atom. The molecule has 0 bridgehead atoms. The molecule has 1 aromatic heterocycles.